The topological polar surface area (TPSA) is 96.4 Å². The number of carboxylic acid groups (broad SMARTS) is 1. The van der Waals surface area contributed by atoms with Crippen molar-refractivity contribution in [2.75, 3.05) is 11.1 Å². The first kappa shape index (κ1) is 12.8. The molecule has 1 heterocycles. The van der Waals surface area contributed by atoms with E-state index in [1.165, 1.54) is 24.5 Å². The minimum atomic E-state index is -1.72. The van der Waals surface area contributed by atoms with Gasteiger partial charge >= 0.3 is 5.97 Å². The normalized spacial score (nSPS) is 14.1. The summed E-state index contributed by atoms with van der Waals surface area (Å²) >= 11 is 1.23. The van der Waals surface area contributed by atoms with Crippen LogP contribution in [0.15, 0.2) is 11.6 Å². The molecule has 1 aromatic heterocycles. The summed E-state index contributed by atoms with van der Waals surface area (Å²) in [5, 5.41) is 12.1. The number of aromatic nitrogens is 1. The fourth-order valence-corrected chi connectivity index (χ4v) is 2.16. The van der Waals surface area contributed by atoms with Crippen molar-refractivity contribution in [3.8, 4) is 0 Å². The summed E-state index contributed by atoms with van der Waals surface area (Å²) in [5.41, 5.74) is 0. The Labute approximate surface area is 98.2 Å². The van der Waals surface area contributed by atoms with E-state index in [4.69, 9.17) is 5.11 Å². The average molecular weight is 262 g/mol. The molecule has 2 N–H and O–H groups in total. The van der Waals surface area contributed by atoms with Crippen molar-refractivity contribution in [2.24, 2.45) is 0 Å². The van der Waals surface area contributed by atoms with Crippen LogP contribution in [0.1, 0.15) is 6.92 Å². The summed E-state index contributed by atoms with van der Waals surface area (Å²) < 4.78 is 11.4. The summed E-state index contributed by atoms with van der Waals surface area (Å²) in [6.07, 6.45) is 1.52. The van der Waals surface area contributed by atoms with Crippen molar-refractivity contribution in [1.82, 2.24) is 4.98 Å². The third-order valence-electron chi connectivity index (χ3n) is 1.69. The van der Waals surface area contributed by atoms with E-state index >= 15 is 0 Å². The smallest absolute Gasteiger partial charge is 0.318 e. The van der Waals surface area contributed by atoms with Crippen LogP contribution in [0.25, 0.3) is 0 Å². The molecule has 1 rings (SSSR count). The second kappa shape index (κ2) is 5.71. The van der Waals surface area contributed by atoms with Gasteiger partial charge in [-0.05, 0) is 6.92 Å². The number of rotatable bonds is 5. The Morgan fingerprint density at radius 2 is 2.38 bits per heavy atom. The molecule has 0 fully saturated rings. The molecule has 0 aromatic carbocycles. The standard InChI is InChI=1S/C8H10N2O4S2/c1-5(7(12)13)16(14)4-6(11)10-8-9-2-3-15-8/h2-3,5H,4H2,1H3,(H,12,13)(H,9,10,11). The Kier molecular flexibility index (Phi) is 4.56. The van der Waals surface area contributed by atoms with Gasteiger partial charge in [0.05, 0.1) is 0 Å². The van der Waals surface area contributed by atoms with E-state index in [1.807, 2.05) is 0 Å². The van der Waals surface area contributed by atoms with E-state index in [-0.39, 0.29) is 5.75 Å². The highest BCUT2D eigenvalue weighted by Crippen LogP contribution is 2.10. The fraction of sp³-hybridized carbons (Fsp3) is 0.375. The maximum atomic E-state index is 11.4. The molecule has 6 nitrogen and oxygen atoms in total. The van der Waals surface area contributed by atoms with Gasteiger partial charge in [-0.1, -0.05) is 0 Å². The maximum Gasteiger partial charge on any atom is 0.318 e. The molecule has 2 unspecified atom stereocenters. The zero-order valence-corrected chi connectivity index (χ0v) is 10.0. The highest BCUT2D eigenvalue weighted by atomic mass is 32.2. The number of nitrogens with one attached hydrogen (secondary N) is 1. The maximum absolute atomic E-state index is 11.4. The lowest BCUT2D eigenvalue weighted by Crippen LogP contribution is -2.29. The molecule has 16 heavy (non-hydrogen) atoms. The van der Waals surface area contributed by atoms with Crippen molar-refractivity contribution >= 4 is 39.1 Å². The second-order valence-corrected chi connectivity index (χ2v) is 5.54. The SMILES string of the molecule is CC(C(=O)O)S(=O)CC(=O)Nc1nccs1. The molecule has 8 heteroatoms. The van der Waals surface area contributed by atoms with Crippen LogP contribution in [-0.4, -0.2) is 37.2 Å². The first-order chi connectivity index (χ1) is 7.50. The molecule has 0 aliphatic heterocycles. The van der Waals surface area contributed by atoms with Gasteiger partial charge in [0.15, 0.2) is 5.13 Å². The first-order valence-corrected chi connectivity index (χ1v) is 6.56. The van der Waals surface area contributed by atoms with Gasteiger partial charge < -0.3 is 10.4 Å². The molecular formula is C8H10N2O4S2. The van der Waals surface area contributed by atoms with Crippen LogP contribution in [0.4, 0.5) is 5.13 Å². The zero-order valence-electron chi connectivity index (χ0n) is 8.37. The van der Waals surface area contributed by atoms with Gasteiger partial charge in [-0.3, -0.25) is 13.8 Å². The second-order valence-electron chi connectivity index (χ2n) is 2.89. The number of carbonyl (C=O) groups excluding carboxylic acids is 1. The van der Waals surface area contributed by atoms with Crippen molar-refractivity contribution in [2.45, 2.75) is 12.2 Å². The Balaban J connectivity index is 2.46. The van der Waals surface area contributed by atoms with Crippen LogP contribution >= 0.6 is 11.3 Å². The van der Waals surface area contributed by atoms with Crippen molar-refractivity contribution < 1.29 is 18.9 Å². The summed E-state index contributed by atoms with van der Waals surface area (Å²) in [6.45, 7) is 1.30. The molecule has 2 atom stereocenters. The minimum Gasteiger partial charge on any atom is -0.480 e. The Bertz CT molecular complexity index is 404. The van der Waals surface area contributed by atoms with Gasteiger partial charge in [-0.2, -0.15) is 0 Å². The molecule has 0 aliphatic carbocycles. The number of hydrogen-bond donors (Lipinski definition) is 2. The lowest BCUT2D eigenvalue weighted by molar-refractivity contribution is -0.136. The fourth-order valence-electron chi connectivity index (χ4n) is 0.807. The number of nitrogens with zero attached hydrogens (tertiary/aromatic N) is 1. The quantitative estimate of drug-likeness (QED) is 0.795. The largest absolute Gasteiger partial charge is 0.480 e. The summed E-state index contributed by atoms with van der Waals surface area (Å²) in [7, 11) is -1.72. The molecule has 0 saturated carbocycles. The summed E-state index contributed by atoms with van der Waals surface area (Å²) in [5.74, 6) is -2.02. The summed E-state index contributed by atoms with van der Waals surface area (Å²) in [6, 6.07) is 0. The molecule has 0 spiro atoms. The van der Waals surface area contributed by atoms with E-state index in [9.17, 15) is 13.8 Å². The van der Waals surface area contributed by atoms with Gasteiger partial charge in [0.1, 0.15) is 11.0 Å². The first-order valence-electron chi connectivity index (χ1n) is 4.30. The van der Waals surface area contributed by atoms with Gasteiger partial charge in [0.2, 0.25) is 5.91 Å². The molecule has 0 aliphatic rings. The predicted octanol–water partition coefficient (Wildman–Crippen LogP) is 0.303. The molecule has 1 amide bonds. The van der Waals surface area contributed by atoms with E-state index in [0.717, 1.165) is 0 Å². The van der Waals surface area contributed by atoms with Gasteiger partial charge in [0, 0.05) is 22.4 Å². The van der Waals surface area contributed by atoms with Crippen LogP contribution in [-0.2, 0) is 20.4 Å². The highest BCUT2D eigenvalue weighted by molar-refractivity contribution is 7.87. The monoisotopic (exact) mass is 262 g/mol. The zero-order chi connectivity index (χ0) is 12.1. The van der Waals surface area contributed by atoms with Crippen LogP contribution in [0.2, 0.25) is 0 Å². The minimum absolute atomic E-state index is 0.340. The Morgan fingerprint density at radius 1 is 1.69 bits per heavy atom. The van der Waals surface area contributed by atoms with Crippen LogP contribution in [0.3, 0.4) is 0 Å². The number of aliphatic carboxylic acids is 1. The van der Waals surface area contributed by atoms with Gasteiger partial charge in [-0.25, -0.2) is 4.98 Å². The van der Waals surface area contributed by atoms with Gasteiger partial charge in [-0.15, -0.1) is 11.3 Å². The van der Waals surface area contributed by atoms with E-state index < -0.39 is 27.9 Å². The van der Waals surface area contributed by atoms with E-state index in [1.54, 1.807) is 5.38 Å². The van der Waals surface area contributed by atoms with Crippen LogP contribution < -0.4 is 5.32 Å². The third-order valence-corrected chi connectivity index (χ3v) is 3.92. The molecular weight excluding hydrogens is 252 g/mol. The van der Waals surface area contributed by atoms with Crippen molar-refractivity contribution in [3.05, 3.63) is 11.6 Å². The van der Waals surface area contributed by atoms with Crippen molar-refractivity contribution in [3.63, 3.8) is 0 Å². The molecule has 0 bridgehead atoms. The van der Waals surface area contributed by atoms with Crippen LogP contribution in [0.5, 0.6) is 0 Å². The third kappa shape index (κ3) is 3.70. The highest BCUT2D eigenvalue weighted by Gasteiger charge is 2.21. The number of anilines is 1. The number of thiazole rings is 1. The van der Waals surface area contributed by atoms with Crippen molar-refractivity contribution in [1.29, 1.82) is 0 Å². The average Bonchev–Trinajstić information content (AvgIpc) is 2.68. The number of amides is 1. The Hall–Kier alpha value is -1.28. The van der Waals surface area contributed by atoms with E-state index in [0.29, 0.717) is 5.13 Å². The van der Waals surface area contributed by atoms with Gasteiger partial charge in [0.25, 0.3) is 0 Å². The number of hydrogen-bond acceptors (Lipinski definition) is 5. The summed E-state index contributed by atoms with van der Waals surface area (Å²) in [4.78, 5) is 25.6. The van der Waals surface area contributed by atoms with E-state index in [2.05, 4.69) is 10.3 Å². The Morgan fingerprint density at radius 3 is 2.88 bits per heavy atom. The predicted molar refractivity (Wildman–Crippen MR) is 60.9 cm³/mol. The number of carbonyl (C=O) groups is 2. The lowest BCUT2D eigenvalue weighted by Gasteiger charge is -2.05. The van der Waals surface area contributed by atoms with Crippen LogP contribution in [0, 0.1) is 0 Å². The number of carboxylic acids is 1. The molecule has 0 radical (unpaired) electrons. The molecule has 0 saturated heterocycles. The molecule has 88 valence electrons. The lowest BCUT2D eigenvalue weighted by atomic mass is 10.5. The molecule has 1 aromatic rings.